The Morgan fingerprint density at radius 2 is 2.27 bits per heavy atom. The molecule has 4 N–H and O–H groups in total. The summed E-state index contributed by atoms with van der Waals surface area (Å²) in [6.45, 7) is 3.66. The lowest BCUT2D eigenvalue weighted by atomic mass is 10.1. The largest absolute Gasteiger partial charge is 0.455 e. The van der Waals surface area contributed by atoms with Crippen LogP contribution in [0.4, 0.5) is 0 Å². The number of nitrogens with one attached hydrogen (secondary N) is 1. The maximum absolute atomic E-state index is 11.5. The van der Waals surface area contributed by atoms with Crippen LogP contribution < -0.4 is 11.1 Å². The van der Waals surface area contributed by atoms with E-state index in [4.69, 9.17) is 10.2 Å². The average molecular weight is 212 g/mol. The molecule has 0 aromatic carbocycles. The summed E-state index contributed by atoms with van der Waals surface area (Å²) >= 11 is 0. The van der Waals surface area contributed by atoms with E-state index in [-0.39, 0.29) is 24.8 Å². The fourth-order valence-corrected chi connectivity index (χ4v) is 0.993. The molecule has 0 radical (unpaired) electrons. The van der Waals surface area contributed by atoms with Gasteiger partial charge < -0.3 is 20.6 Å². The predicted octanol–water partition coefficient (Wildman–Crippen LogP) is 0.239. The van der Waals surface area contributed by atoms with Gasteiger partial charge in [-0.25, -0.2) is 0 Å². The van der Waals surface area contributed by atoms with Crippen LogP contribution in [-0.2, 0) is 6.54 Å². The van der Waals surface area contributed by atoms with E-state index in [9.17, 15) is 9.90 Å². The van der Waals surface area contributed by atoms with Crippen LogP contribution in [-0.4, -0.2) is 23.2 Å². The van der Waals surface area contributed by atoms with Gasteiger partial charge in [0.05, 0.1) is 12.1 Å². The third-order valence-electron chi connectivity index (χ3n) is 1.77. The summed E-state index contributed by atoms with van der Waals surface area (Å²) in [7, 11) is 0. The molecule has 0 aliphatic heterocycles. The number of hydrogen-bond donors (Lipinski definition) is 3. The van der Waals surface area contributed by atoms with Crippen molar-refractivity contribution in [1.82, 2.24) is 5.32 Å². The number of aliphatic hydroxyl groups is 1. The summed E-state index contributed by atoms with van der Waals surface area (Å²) in [5, 5.41) is 12.0. The molecule has 0 spiro atoms. The normalized spacial score (nSPS) is 11.5. The zero-order valence-corrected chi connectivity index (χ0v) is 8.91. The summed E-state index contributed by atoms with van der Waals surface area (Å²) in [6, 6.07) is 3.21. The molecule has 1 aromatic heterocycles. The first kappa shape index (κ1) is 11.7. The number of hydrogen-bond acceptors (Lipinski definition) is 4. The Hall–Kier alpha value is -1.33. The molecule has 0 atom stereocenters. The molecular weight excluding hydrogens is 196 g/mol. The first-order valence-electron chi connectivity index (χ1n) is 4.72. The van der Waals surface area contributed by atoms with Crippen LogP contribution in [0.3, 0.4) is 0 Å². The maximum Gasteiger partial charge on any atom is 0.287 e. The van der Waals surface area contributed by atoms with E-state index < -0.39 is 5.60 Å². The fraction of sp³-hybridized carbons (Fsp3) is 0.500. The van der Waals surface area contributed by atoms with Crippen molar-refractivity contribution in [3.63, 3.8) is 0 Å². The summed E-state index contributed by atoms with van der Waals surface area (Å²) in [5.41, 5.74) is 4.41. The monoisotopic (exact) mass is 212 g/mol. The maximum atomic E-state index is 11.5. The molecule has 0 bridgehead atoms. The molecule has 1 aromatic rings. The van der Waals surface area contributed by atoms with Gasteiger partial charge in [-0.3, -0.25) is 4.79 Å². The van der Waals surface area contributed by atoms with E-state index in [1.807, 2.05) is 0 Å². The second-order valence-electron chi connectivity index (χ2n) is 3.97. The Bertz CT molecular complexity index is 339. The van der Waals surface area contributed by atoms with Crippen LogP contribution in [0.1, 0.15) is 30.2 Å². The van der Waals surface area contributed by atoms with Crippen LogP contribution in [0.5, 0.6) is 0 Å². The fourth-order valence-electron chi connectivity index (χ4n) is 0.993. The van der Waals surface area contributed by atoms with Crippen molar-refractivity contribution in [2.45, 2.75) is 26.0 Å². The smallest absolute Gasteiger partial charge is 0.287 e. The molecule has 84 valence electrons. The second-order valence-corrected chi connectivity index (χ2v) is 3.97. The molecule has 1 rings (SSSR count). The molecule has 0 saturated heterocycles. The van der Waals surface area contributed by atoms with Gasteiger partial charge in [0.15, 0.2) is 5.76 Å². The molecule has 1 heterocycles. The van der Waals surface area contributed by atoms with Crippen LogP contribution in [0.15, 0.2) is 16.5 Å². The molecule has 0 saturated carbocycles. The summed E-state index contributed by atoms with van der Waals surface area (Å²) in [4.78, 5) is 11.5. The molecular formula is C10H16N2O3. The molecule has 0 fully saturated rings. The van der Waals surface area contributed by atoms with Gasteiger partial charge in [0.1, 0.15) is 5.76 Å². The zero-order chi connectivity index (χ0) is 11.5. The van der Waals surface area contributed by atoms with Crippen molar-refractivity contribution in [1.29, 1.82) is 0 Å². The number of carbonyl (C=O) groups is 1. The van der Waals surface area contributed by atoms with Crippen LogP contribution in [0.2, 0.25) is 0 Å². The van der Waals surface area contributed by atoms with Gasteiger partial charge in [0, 0.05) is 6.54 Å². The number of carbonyl (C=O) groups excluding carboxylic acids is 1. The second kappa shape index (κ2) is 4.46. The highest BCUT2D eigenvalue weighted by atomic mass is 16.4. The molecule has 0 aliphatic carbocycles. The summed E-state index contributed by atoms with van der Waals surface area (Å²) in [5.74, 6) is 0.417. The van der Waals surface area contributed by atoms with Crippen molar-refractivity contribution in [3.8, 4) is 0 Å². The standard InChI is InChI=1S/C10H16N2O3/c1-10(2,14)6-12-9(13)8-4-3-7(5-11)15-8/h3-4,14H,5-6,11H2,1-2H3,(H,12,13). The summed E-state index contributed by atoms with van der Waals surface area (Å²) < 4.78 is 5.14. The molecule has 5 nitrogen and oxygen atoms in total. The number of amides is 1. The minimum absolute atomic E-state index is 0.171. The van der Waals surface area contributed by atoms with Gasteiger partial charge >= 0.3 is 0 Å². The molecule has 5 heteroatoms. The first-order valence-corrected chi connectivity index (χ1v) is 4.72. The van der Waals surface area contributed by atoms with Gasteiger partial charge in [-0.05, 0) is 26.0 Å². The third-order valence-corrected chi connectivity index (χ3v) is 1.77. The Balaban J connectivity index is 2.54. The van der Waals surface area contributed by atoms with Crippen LogP contribution >= 0.6 is 0 Å². The Kier molecular flexibility index (Phi) is 3.49. The topological polar surface area (TPSA) is 88.5 Å². The molecule has 15 heavy (non-hydrogen) atoms. The molecule has 0 unspecified atom stereocenters. The Morgan fingerprint density at radius 1 is 1.60 bits per heavy atom. The zero-order valence-electron chi connectivity index (χ0n) is 8.91. The van der Waals surface area contributed by atoms with E-state index >= 15 is 0 Å². The predicted molar refractivity (Wildman–Crippen MR) is 55.2 cm³/mol. The first-order chi connectivity index (χ1) is 6.92. The van der Waals surface area contributed by atoms with Crippen molar-refractivity contribution in [3.05, 3.63) is 23.7 Å². The number of nitrogens with two attached hydrogens (primary N) is 1. The lowest BCUT2D eigenvalue weighted by Gasteiger charge is -2.16. The number of rotatable bonds is 4. The van der Waals surface area contributed by atoms with Crippen molar-refractivity contribution in [2.24, 2.45) is 5.73 Å². The van der Waals surface area contributed by atoms with Crippen molar-refractivity contribution in [2.75, 3.05) is 6.54 Å². The van der Waals surface area contributed by atoms with E-state index in [0.717, 1.165) is 0 Å². The van der Waals surface area contributed by atoms with E-state index in [0.29, 0.717) is 5.76 Å². The number of furan rings is 1. The third kappa shape index (κ3) is 3.73. The van der Waals surface area contributed by atoms with Crippen LogP contribution in [0.25, 0.3) is 0 Å². The van der Waals surface area contributed by atoms with E-state index in [1.54, 1.807) is 26.0 Å². The van der Waals surface area contributed by atoms with E-state index in [2.05, 4.69) is 5.32 Å². The minimum Gasteiger partial charge on any atom is -0.455 e. The Labute approximate surface area is 88.3 Å². The van der Waals surface area contributed by atoms with Gasteiger partial charge in [-0.1, -0.05) is 0 Å². The Morgan fingerprint density at radius 3 is 2.73 bits per heavy atom. The average Bonchev–Trinajstić information content (AvgIpc) is 2.61. The van der Waals surface area contributed by atoms with Gasteiger partial charge in [0.25, 0.3) is 5.91 Å². The highest BCUT2D eigenvalue weighted by Gasteiger charge is 2.16. The van der Waals surface area contributed by atoms with Gasteiger partial charge in [-0.15, -0.1) is 0 Å². The lowest BCUT2D eigenvalue weighted by Crippen LogP contribution is -2.38. The highest BCUT2D eigenvalue weighted by Crippen LogP contribution is 2.07. The lowest BCUT2D eigenvalue weighted by molar-refractivity contribution is 0.0680. The van der Waals surface area contributed by atoms with Crippen molar-refractivity contribution < 1.29 is 14.3 Å². The van der Waals surface area contributed by atoms with Gasteiger partial charge in [0.2, 0.25) is 0 Å². The highest BCUT2D eigenvalue weighted by molar-refractivity contribution is 5.91. The summed E-state index contributed by atoms with van der Waals surface area (Å²) in [6.07, 6.45) is 0. The minimum atomic E-state index is -0.932. The SMILES string of the molecule is CC(C)(O)CNC(=O)c1ccc(CN)o1. The molecule has 1 amide bonds. The quantitative estimate of drug-likeness (QED) is 0.667. The van der Waals surface area contributed by atoms with Gasteiger partial charge in [-0.2, -0.15) is 0 Å². The molecule has 0 aliphatic rings. The van der Waals surface area contributed by atoms with Crippen LogP contribution in [0, 0.1) is 0 Å². The van der Waals surface area contributed by atoms with Crippen molar-refractivity contribution >= 4 is 5.91 Å². The van der Waals surface area contributed by atoms with E-state index in [1.165, 1.54) is 0 Å².